The van der Waals surface area contributed by atoms with Crippen LogP contribution in [0.15, 0.2) is 12.3 Å². The molecule has 0 spiro atoms. The first kappa shape index (κ1) is 13.0. The van der Waals surface area contributed by atoms with Gasteiger partial charge in [-0.2, -0.15) is 5.10 Å². The lowest BCUT2D eigenvalue weighted by molar-refractivity contribution is 0.0995. The molecule has 2 heterocycles. The molecular formula is C12H16N6O. The number of nitrogens with two attached hydrogens (primary N) is 1. The third kappa shape index (κ3) is 2.54. The summed E-state index contributed by atoms with van der Waals surface area (Å²) in [5.74, 6) is 1.47. The summed E-state index contributed by atoms with van der Waals surface area (Å²) in [7, 11) is 0. The quantitative estimate of drug-likeness (QED) is 0.847. The minimum Gasteiger partial charge on any atom is -0.370 e. The predicted octanol–water partition coefficient (Wildman–Crippen LogP) is 0.810. The second kappa shape index (κ2) is 5.05. The van der Waals surface area contributed by atoms with Gasteiger partial charge in [-0.3, -0.25) is 4.79 Å². The molecule has 0 aliphatic carbocycles. The van der Waals surface area contributed by atoms with E-state index in [9.17, 15) is 4.79 Å². The normalized spacial score (nSPS) is 10.5. The molecule has 100 valence electrons. The van der Waals surface area contributed by atoms with Crippen molar-refractivity contribution in [2.75, 3.05) is 11.9 Å². The molecule has 1 amide bonds. The van der Waals surface area contributed by atoms with Crippen LogP contribution in [0, 0.1) is 13.8 Å². The van der Waals surface area contributed by atoms with Crippen molar-refractivity contribution < 1.29 is 4.79 Å². The van der Waals surface area contributed by atoms with Crippen LogP contribution in [0.3, 0.4) is 0 Å². The van der Waals surface area contributed by atoms with Crippen LogP contribution in [0.2, 0.25) is 0 Å². The highest BCUT2D eigenvalue weighted by molar-refractivity contribution is 5.90. The van der Waals surface area contributed by atoms with Crippen LogP contribution in [0.1, 0.15) is 28.8 Å². The molecule has 2 aromatic rings. The van der Waals surface area contributed by atoms with Crippen molar-refractivity contribution >= 4 is 11.7 Å². The van der Waals surface area contributed by atoms with Gasteiger partial charge in [0.1, 0.15) is 17.3 Å². The number of carbonyl (C=O) groups excluding carboxylic acids is 1. The highest BCUT2D eigenvalue weighted by Crippen LogP contribution is 2.18. The van der Waals surface area contributed by atoms with Gasteiger partial charge < -0.3 is 11.1 Å². The third-order valence-electron chi connectivity index (χ3n) is 2.63. The van der Waals surface area contributed by atoms with Crippen molar-refractivity contribution in [2.45, 2.75) is 20.8 Å². The molecule has 0 aromatic carbocycles. The highest BCUT2D eigenvalue weighted by atomic mass is 16.1. The fourth-order valence-corrected chi connectivity index (χ4v) is 1.75. The fourth-order valence-electron chi connectivity index (χ4n) is 1.75. The van der Waals surface area contributed by atoms with E-state index in [-0.39, 0.29) is 5.69 Å². The van der Waals surface area contributed by atoms with Gasteiger partial charge in [-0.1, -0.05) is 0 Å². The molecule has 0 radical (unpaired) electrons. The summed E-state index contributed by atoms with van der Waals surface area (Å²) in [6.45, 7) is 6.47. The van der Waals surface area contributed by atoms with Gasteiger partial charge in [-0.05, 0) is 26.8 Å². The van der Waals surface area contributed by atoms with Gasteiger partial charge >= 0.3 is 0 Å². The summed E-state index contributed by atoms with van der Waals surface area (Å²) in [6, 6.07) is 1.56. The molecule has 0 aliphatic rings. The van der Waals surface area contributed by atoms with Crippen molar-refractivity contribution in [2.24, 2.45) is 5.73 Å². The van der Waals surface area contributed by atoms with E-state index in [0.717, 1.165) is 17.9 Å². The summed E-state index contributed by atoms with van der Waals surface area (Å²) >= 11 is 0. The zero-order chi connectivity index (χ0) is 14.0. The van der Waals surface area contributed by atoms with Crippen LogP contribution >= 0.6 is 0 Å². The Morgan fingerprint density at radius 3 is 2.74 bits per heavy atom. The minimum atomic E-state index is -0.561. The maximum atomic E-state index is 11.1. The summed E-state index contributed by atoms with van der Waals surface area (Å²) in [6.07, 6.45) is 1.66. The predicted molar refractivity (Wildman–Crippen MR) is 71.3 cm³/mol. The Bertz CT molecular complexity index is 619. The number of nitrogens with zero attached hydrogens (tertiary/aromatic N) is 4. The van der Waals surface area contributed by atoms with Gasteiger partial charge in [0.05, 0.1) is 0 Å². The van der Waals surface area contributed by atoms with E-state index < -0.39 is 5.91 Å². The summed E-state index contributed by atoms with van der Waals surface area (Å²) < 4.78 is 1.53. The molecule has 0 unspecified atom stereocenters. The van der Waals surface area contributed by atoms with Gasteiger partial charge in [0.25, 0.3) is 5.91 Å². The largest absolute Gasteiger partial charge is 0.370 e. The van der Waals surface area contributed by atoms with Crippen LogP contribution < -0.4 is 11.1 Å². The van der Waals surface area contributed by atoms with E-state index in [1.54, 1.807) is 12.3 Å². The summed E-state index contributed by atoms with van der Waals surface area (Å²) in [5, 5.41) is 7.28. The van der Waals surface area contributed by atoms with Crippen LogP contribution in [-0.4, -0.2) is 32.2 Å². The molecule has 2 aromatic heterocycles. The molecule has 7 heteroatoms. The average Bonchev–Trinajstić information content (AvgIpc) is 2.83. The molecule has 19 heavy (non-hydrogen) atoms. The SMILES string of the molecule is CCNc1nc(C)nc(-n2ccc(C(N)=O)n2)c1C. The summed E-state index contributed by atoms with van der Waals surface area (Å²) in [5.41, 5.74) is 6.27. The topological polar surface area (TPSA) is 98.7 Å². The lowest BCUT2D eigenvalue weighted by Gasteiger charge is -2.11. The highest BCUT2D eigenvalue weighted by Gasteiger charge is 2.13. The van der Waals surface area contributed by atoms with E-state index in [1.807, 2.05) is 20.8 Å². The number of amides is 1. The first-order chi connectivity index (χ1) is 9.02. The molecule has 0 aliphatic heterocycles. The van der Waals surface area contributed by atoms with E-state index in [1.165, 1.54) is 4.68 Å². The Labute approximate surface area is 110 Å². The lowest BCUT2D eigenvalue weighted by Crippen LogP contribution is -2.14. The average molecular weight is 260 g/mol. The van der Waals surface area contributed by atoms with Gasteiger partial charge in [0.2, 0.25) is 0 Å². The van der Waals surface area contributed by atoms with Crippen molar-refractivity contribution in [3.63, 3.8) is 0 Å². The maximum absolute atomic E-state index is 11.1. The molecular weight excluding hydrogens is 244 g/mol. The maximum Gasteiger partial charge on any atom is 0.269 e. The molecule has 0 saturated carbocycles. The number of nitrogens with one attached hydrogen (secondary N) is 1. The Morgan fingerprint density at radius 1 is 1.42 bits per heavy atom. The minimum absolute atomic E-state index is 0.209. The Morgan fingerprint density at radius 2 is 2.16 bits per heavy atom. The number of anilines is 1. The number of carbonyl (C=O) groups is 1. The van der Waals surface area contributed by atoms with E-state index in [4.69, 9.17) is 5.73 Å². The molecule has 7 nitrogen and oxygen atoms in total. The van der Waals surface area contributed by atoms with Crippen LogP contribution in [0.4, 0.5) is 5.82 Å². The Balaban J connectivity index is 2.51. The molecule has 0 fully saturated rings. The molecule has 0 saturated heterocycles. The smallest absolute Gasteiger partial charge is 0.269 e. The number of primary amides is 1. The first-order valence-electron chi connectivity index (χ1n) is 5.98. The first-order valence-corrected chi connectivity index (χ1v) is 5.98. The van der Waals surface area contributed by atoms with Crippen LogP contribution in [0.5, 0.6) is 0 Å². The third-order valence-corrected chi connectivity index (χ3v) is 2.63. The molecule has 3 N–H and O–H groups in total. The second-order valence-electron chi connectivity index (χ2n) is 4.11. The zero-order valence-corrected chi connectivity index (χ0v) is 11.1. The van der Waals surface area contributed by atoms with Gasteiger partial charge in [0, 0.05) is 18.3 Å². The zero-order valence-electron chi connectivity index (χ0n) is 11.1. The Hall–Kier alpha value is -2.44. The van der Waals surface area contributed by atoms with Gasteiger partial charge in [-0.15, -0.1) is 0 Å². The number of hydrogen-bond donors (Lipinski definition) is 2. The molecule has 2 rings (SSSR count). The van der Waals surface area contributed by atoms with E-state index in [2.05, 4.69) is 20.4 Å². The van der Waals surface area contributed by atoms with Crippen LogP contribution in [-0.2, 0) is 0 Å². The Kier molecular flexibility index (Phi) is 3.46. The molecule has 0 atom stereocenters. The lowest BCUT2D eigenvalue weighted by atomic mass is 10.3. The van der Waals surface area contributed by atoms with E-state index in [0.29, 0.717) is 11.6 Å². The fraction of sp³-hybridized carbons (Fsp3) is 0.333. The second-order valence-corrected chi connectivity index (χ2v) is 4.11. The standard InChI is InChI=1S/C12H16N6O/c1-4-14-11-7(2)12(16-8(3)15-11)18-6-5-9(17-18)10(13)19/h5-6H,4H2,1-3H3,(H2,13,19)(H,14,15,16). The van der Waals surface area contributed by atoms with Gasteiger partial charge in [0.15, 0.2) is 5.82 Å². The number of hydrogen-bond acceptors (Lipinski definition) is 5. The number of aryl methyl sites for hydroxylation is 1. The van der Waals surface area contributed by atoms with Crippen LogP contribution in [0.25, 0.3) is 5.82 Å². The van der Waals surface area contributed by atoms with Crippen molar-refractivity contribution in [3.8, 4) is 5.82 Å². The van der Waals surface area contributed by atoms with E-state index >= 15 is 0 Å². The number of aromatic nitrogens is 4. The monoisotopic (exact) mass is 260 g/mol. The van der Waals surface area contributed by atoms with Gasteiger partial charge in [-0.25, -0.2) is 14.6 Å². The van der Waals surface area contributed by atoms with Crippen molar-refractivity contribution in [1.82, 2.24) is 19.7 Å². The van der Waals surface area contributed by atoms with Crippen molar-refractivity contribution in [1.29, 1.82) is 0 Å². The summed E-state index contributed by atoms with van der Waals surface area (Å²) in [4.78, 5) is 19.8. The molecule has 0 bridgehead atoms. The number of rotatable bonds is 4. The van der Waals surface area contributed by atoms with Crippen molar-refractivity contribution in [3.05, 3.63) is 29.3 Å².